The van der Waals surface area contributed by atoms with Gasteiger partial charge in [0, 0.05) is 0 Å². The van der Waals surface area contributed by atoms with Gasteiger partial charge in [0.1, 0.15) is 22.7 Å². The molecule has 0 amide bonds. The third-order valence-electron chi connectivity index (χ3n) is 1.96. The molecule has 1 heterocycles. The number of hydrogen-bond acceptors (Lipinski definition) is 6. The summed E-state index contributed by atoms with van der Waals surface area (Å²) < 4.78 is 0. The number of hydrogen-bond donors (Lipinski definition) is 4. The molecule has 0 radical (unpaired) electrons. The van der Waals surface area contributed by atoms with Crippen molar-refractivity contribution in [1.82, 2.24) is 9.97 Å². The van der Waals surface area contributed by atoms with Gasteiger partial charge in [-0.05, 0) is 0 Å². The van der Waals surface area contributed by atoms with Crippen LogP contribution in [0.4, 0.5) is 5.82 Å². The molecule has 84 valence electrons. The third-order valence-corrected chi connectivity index (χ3v) is 2.24. The van der Waals surface area contributed by atoms with Crippen LogP contribution in [0.5, 0.6) is 0 Å². The first-order chi connectivity index (χ1) is 7.17. The molecule has 0 aliphatic rings. The van der Waals surface area contributed by atoms with Crippen molar-refractivity contribution >= 4 is 17.4 Å². The molecule has 0 atom stereocenters. The Bertz CT molecular complexity index is 311. The summed E-state index contributed by atoms with van der Waals surface area (Å²) in [5, 5.41) is 30.1. The predicted octanol–water partition coefficient (Wildman–Crippen LogP) is -0.742. The molecule has 0 spiro atoms. The van der Waals surface area contributed by atoms with Crippen molar-refractivity contribution in [2.75, 3.05) is 25.1 Å². The minimum absolute atomic E-state index is 0.247. The van der Waals surface area contributed by atoms with Gasteiger partial charge in [0.05, 0.1) is 26.0 Å². The molecular formula is C8H12ClN3O3. The molecule has 4 N–H and O–H groups in total. The molecule has 0 aliphatic carbocycles. The zero-order valence-electron chi connectivity index (χ0n) is 7.89. The van der Waals surface area contributed by atoms with E-state index in [2.05, 4.69) is 15.3 Å². The Labute approximate surface area is 91.6 Å². The molecule has 1 rings (SSSR count). The van der Waals surface area contributed by atoms with Crippen LogP contribution in [-0.4, -0.2) is 50.6 Å². The van der Waals surface area contributed by atoms with Crippen LogP contribution in [-0.2, 0) is 0 Å². The van der Waals surface area contributed by atoms with E-state index in [1.807, 2.05) is 0 Å². The van der Waals surface area contributed by atoms with E-state index in [-0.39, 0.29) is 10.8 Å². The fraction of sp³-hybridized carbons (Fsp3) is 0.500. The van der Waals surface area contributed by atoms with Crippen LogP contribution in [0.2, 0.25) is 5.02 Å². The van der Waals surface area contributed by atoms with Gasteiger partial charge in [-0.1, -0.05) is 11.6 Å². The first kappa shape index (κ1) is 12.1. The summed E-state index contributed by atoms with van der Waals surface area (Å²) in [7, 11) is 0. The summed E-state index contributed by atoms with van der Waals surface area (Å²) in [5.41, 5.74) is -1.24. The van der Waals surface area contributed by atoms with Crippen LogP contribution in [0.3, 0.4) is 0 Å². The van der Waals surface area contributed by atoms with Crippen molar-refractivity contribution in [2.45, 2.75) is 5.54 Å². The molecule has 0 saturated heterocycles. The minimum Gasteiger partial charge on any atom is -0.394 e. The van der Waals surface area contributed by atoms with Crippen LogP contribution in [0.25, 0.3) is 0 Å². The quantitative estimate of drug-likeness (QED) is 0.535. The second-order valence-electron chi connectivity index (χ2n) is 3.10. The minimum atomic E-state index is -1.24. The van der Waals surface area contributed by atoms with Crippen LogP contribution < -0.4 is 5.32 Å². The smallest absolute Gasteiger partial charge is 0.148 e. The number of aromatic nitrogens is 2. The highest BCUT2D eigenvalue weighted by molar-refractivity contribution is 6.32. The lowest BCUT2D eigenvalue weighted by atomic mass is 10.0. The number of aliphatic hydroxyl groups is 3. The molecular weight excluding hydrogens is 222 g/mol. The lowest BCUT2D eigenvalue weighted by Crippen LogP contribution is -2.49. The molecule has 6 nitrogen and oxygen atoms in total. The molecule has 0 unspecified atom stereocenters. The maximum absolute atomic E-state index is 9.06. The van der Waals surface area contributed by atoms with E-state index >= 15 is 0 Å². The Hall–Kier alpha value is -0.950. The molecule has 0 aliphatic heterocycles. The standard InChI is InChI=1S/C8H12ClN3O3/c9-6-1-10-5-11-7(6)12-8(2-13,3-14)4-15/h1,5,13-15H,2-4H2,(H,10,11,12). The van der Waals surface area contributed by atoms with E-state index in [0.717, 1.165) is 0 Å². The molecule has 1 aromatic heterocycles. The fourth-order valence-corrected chi connectivity index (χ4v) is 1.08. The molecule has 0 fully saturated rings. The third kappa shape index (κ3) is 2.75. The second-order valence-corrected chi connectivity index (χ2v) is 3.51. The summed E-state index contributed by atoms with van der Waals surface area (Å²) in [4.78, 5) is 7.50. The lowest BCUT2D eigenvalue weighted by Gasteiger charge is -2.29. The van der Waals surface area contributed by atoms with E-state index in [9.17, 15) is 0 Å². The Morgan fingerprint density at radius 1 is 1.27 bits per heavy atom. The maximum atomic E-state index is 9.06. The van der Waals surface area contributed by atoms with Crippen molar-refractivity contribution in [1.29, 1.82) is 0 Å². The zero-order valence-corrected chi connectivity index (χ0v) is 8.65. The van der Waals surface area contributed by atoms with Crippen molar-refractivity contribution in [3.05, 3.63) is 17.5 Å². The number of rotatable bonds is 5. The Kier molecular flexibility index (Phi) is 4.22. The van der Waals surface area contributed by atoms with Gasteiger partial charge in [-0.2, -0.15) is 0 Å². The average molecular weight is 234 g/mol. The summed E-state index contributed by atoms with van der Waals surface area (Å²) in [6.07, 6.45) is 2.64. The first-order valence-corrected chi connectivity index (χ1v) is 4.61. The SMILES string of the molecule is OCC(CO)(CO)Nc1ncncc1Cl. The predicted molar refractivity (Wildman–Crippen MR) is 54.7 cm³/mol. The number of halogens is 1. The zero-order chi connectivity index (χ0) is 11.3. The summed E-state index contributed by atoms with van der Waals surface area (Å²) in [6.45, 7) is -1.33. The van der Waals surface area contributed by atoms with Gasteiger partial charge in [-0.15, -0.1) is 0 Å². The average Bonchev–Trinajstić information content (AvgIpc) is 2.29. The van der Waals surface area contributed by atoms with Crippen LogP contribution in [0.1, 0.15) is 0 Å². The van der Waals surface area contributed by atoms with Crippen LogP contribution >= 0.6 is 11.6 Å². The normalized spacial score (nSPS) is 11.5. The van der Waals surface area contributed by atoms with E-state index in [0.29, 0.717) is 0 Å². The number of anilines is 1. The summed E-state index contributed by atoms with van der Waals surface area (Å²) in [6, 6.07) is 0. The molecule has 0 bridgehead atoms. The van der Waals surface area contributed by atoms with Gasteiger partial charge in [-0.25, -0.2) is 9.97 Å². The van der Waals surface area contributed by atoms with Gasteiger partial charge in [-0.3, -0.25) is 0 Å². The first-order valence-electron chi connectivity index (χ1n) is 4.24. The highest BCUT2D eigenvalue weighted by Gasteiger charge is 2.28. The molecule has 0 aromatic carbocycles. The van der Waals surface area contributed by atoms with Crippen molar-refractivity contribution in [3.63, 3.8) is 0 Å². The van der Waals surface area contributed by atoms with Crippen molar-refractivity contribution in [2.24, 2.45) is 0 Å². The Balaban J connectivity index is 2.88. The van der Waals surface area contributed by atoms with E-state index < -0.39 is 25.4 Å². The lowest BCUT2D eigenvalue weighted by molar-refractivity contribution is 0.0831. The molecule has 7 heteroatoms. The maximum Gasteiger partial charge on any atom is 0.148 e. The summed E-state index contributed by atoms with van der Waals surface area (Å²) in [5.74, 6) is 0.254. The van der Waals surface area contributed by atoms with Gasteiger partial charge in [0.15, 0.2) is 0 Å². The Morgan fingerprint density at radius 3 is 2.33 bits per heavy atom. The highest BCUT2D eigenvalue weighted by Crippen LogP contribution is 2.20. The molecule has 0 saturated carbocycles. The Morgan fingerprint density at radius 2 is 1.87 bits per heavy atom. The second kappa shape index (κ2) is 5.22. The summed E-state index contributed by atoms with van der Waals surface area (Å²) >= 11 is 5.77. The van der Waals surface area contributed by atoms with Crippen LogP contribution in [0.15, 0.2) is 12.5 Å². The fourth-order valence-electron chi connectivity index (χ4n) is 0.924. The largest absolute Gasteiger partial charge is 0.394 e. The van der Waals surface area contributed by atoms with Gasteiger partial charge in [0.25, 0.3) is 0 Å². The van der Waals surface area contributed by atoms with Crippen molar-refractivity contribution < 1.29 is 15.3 Å². The van der Waals surface area contributed by atoms with Gasteiger partial charge >= 0.3 is 0 Å². The number of nitrogens with zero attached hydrogens (tertiary/aromatic N) is 2. The number of nitrogens with one attached hydrogen (secondary N) is 1. The van der Waals surface area contributed by atoms with Crippen LogP contribution in [0, 0.1) is 0 Å². The van der Waals surface area contributed by atoms with E-state index in [4.69, 9.17) is 26.9 Å². The van der Waals surface area contributed by atoms with E-state index in [1.165, 1.54) is 12.5 Å². The number of aliphatic hydroxyl groups excluding tert-OH is 3. The van der Waals surface area contributed by atoms with Gasteiger partial charge < -0.3 is 20.6 Å². The highest BCUT2D eigenvalue weighted by atomic mass is 35.5. The van der Waals surface area contributed by atoms with Crippen molar-refractivity contribution in [3.8, 4) is 0 Å². The molecule has 15 heavy (non-hydrogen) atoms. The van der Waals surface area contributed by atoms with Gasteiger partial charge in [0.2, 0.25) is 0 Å². The molecule has 1 aromatic rings. The topological polar surface area (TPSA) is 98.5 Å². The monoisotopic (exact) mass is 233 g/mol. The van der Waals surface area contributed by atoms with E-state index in [1.54, 1.807) is 0 Å².